The lowest BCUT2D eigenvalue weighted by molar-refractivity contribution is -0.154. The van der Waals surface area contributed by atoms with E-state index in [1.54, 1.807) is 30.3 Å². The van der Waals surface area contributed by atoms with Gasteiger partial charge in [0.15, 0.2) is 0 Å². The first-order valence-electron chi connectivity index (χ1n) is 12.3. The van der Waals surface area contributed by atoms with Crippen LogP contribution in [-0.4, -0.2) is 85.9 Å². The predicted molar refractivity (Wildman–Crippen MR) is 143 cm³/mol. The number of carboxylic acid groups (broad SMARTS) is 2. The van der Waals surface area contributed by atoms with Crippen LogP contribution < -0.4 is 10.6 Å². The third kappa shape index (κ3) is 6.54. The van der Waals surface area contributed by atoms with Gasteiger partial charge < -0.3 is 30.6 Å². The van der Waals surface area contributed by atoms with Gasteiger partial charge in [-0.15, -0.1) is 0 Å². The van der Waals surface area contributed by atoms with Crippen LogP contribution in [-0.2, 0) is 25.7 Å². The molecule has 0 saturated carbocycles. The maximum Gasteiger partial charge on any atom is 0.328 e. The summed E-state index contributed by atoms with van der Waals surface area (Å²) in [6.45, 7) is 4.20. The Labute approximate surface area is 230 Å². The lowest BCUT2D eigenvalue weighted by Crippen LogP contribution is -2.49. The van der Waals surface area contributed by atoms with Gasteiger partial charge in [-0.2, -0.15) is 0 Å². The van der Waals surface area contributed by atoms with Gasteiger partial charge in [-0.3, -0.25) is 19.3 Å². The van der Waals surface area contributed by atoms with Gasteiger partial charge in [-0.05, 0) is 50.1 Å². The van der Waals surface area contributed by atoms with Crippen molar-refractivity contribution in [1.29, 1.82) is 0 Å². The quantitative estimate of drug-likeness (QED) is 0.324. The van der Waals surface area contributed by atoms with Crippen molar-refractivity contribution in [2.24, 2.45) is 0 Å². The first kappa shape index (κ1) is 29.6. The summed E-state index contributed by atoms with van der Waals surface area (Å²) >= 11 is 0. The minimum absolute atomic E-state index is 0.0184. The SMILES string of the molecule is Cc1ccccc1NC(=O)Nc1ccc(CN2C(=O)N(CC(=O)N(C)C(CC(=O)O)C(=O)O)C(=O)C2(C)C)cc1. The Morgan fingerprint density at radius 3 is 2.17 bits per heavy atom. The lowest BCUT2D eigenvalue weighted by atomic mass is 10.0. The minimum Gasteiger partial charge on any atom is -0.481 e. The summed E-state index contributed by atoms with van der Waals surface area (Å²) < 4.78 is 0. The minimum atomic E-state index is -1.66. The molecule has 13 nitrogen and oxygen atoms in total. The number of para-hydroxylation sites is 1. The van der Waals surface area contributed by atoms with E-state index in [-0.39, 0.29) is 6.54 Å². The summed E-state index contributed by atoms with van der Waals surface area (Å²) in [5.74, 6) is -4.49. The Bertz CT molecular complexity index is 1340. The van der Waals surface area contributed by atoms with E-state index in [1.165, 1.54) is 18.7 Å². The van der Waals surface area contributed by atoms with Crippen molar-refractivity contribution in [3.8, 4) is 0 Å². The zero-order valence-electron chi connectivity index (χ0n) is 22.5. The summed E-state index contributed by atoms with van der Waals surface area (Å²) in [6, 6.07) is 11.1. The van der Waals surface area contributed by atoms with Gasteiger partial charge in [0.25, 0.3) is 5.91 Å². The maximum absolute atomic E-state index is 13.2. The number of amides is 6. The molecule has 40 heavy (non-hydrogen) atoms. The highest BCUT2D eigenvalue weighted by molar-refractivity contribution is 6.08. The van der Waals surface area contributed by atoms with Crippen molar-refractivity contribution in [2.45, 2.75) is 45.3 Å². The normalized spacial score (nSPS) is 15.0. The topological polar surface area (TPSA) is 177 Å². The fraction of sp³-hybridized carbons (Fsp3) is 0.333. The smallest absolute Gasteiger partial charge is 0.328 e. The number of imide groups is 1. The molecule has 3 rings (SSSR count). The predicted octanol–water partition coefficient (Wildman–Crippen LogP) is 2.57. The molecule has 1 fully saturated rings. The molecule has 0 radical (unpaired) electrons. The Morgan fingerprint density at radius 2 is 1.60 bits per heavy atom. The average Bonchev–Trinajstić information content (AvgIpc) is 3.04. The zero-order valence-corrected chi connectivity index (χ0v) is 22.5. The van der Waals surface area contributed by atoms with Crippen molar-refractivity contribution in [3.63, 3.8) is 0 Å². The van der Waals surface area contributed by atoms with Gasteiger partial charge in [0.1, 0.15) is 18.1 Å². The van der Waals surface area contributed by atoms with Gasteiger partial charge in [0.05, 0.1) is 6.42 Å². The Balaban J connectivity index is 1.66. The second-order valence-corrected chi connectivity index (χ2v) is 9.87. The number of carboxylic acids is 2. The van der Waals surface area contributed by atoms with Crippen LogP contribution >= 0.6 is 0 Å². The molecule has 0 aromatic heterocycles. The van der Waals surface area contributed by atoms with E-state index in [0.717, 1.165) is 17.5 Å². The standard InChI is InChI=1S/C27H31N5O8/c1-16-7-5-6-8-19(16)29-25(39)28-18-11-9-17(10-12-18)14-32-26(40)31(24(38)27(32,2)3)15-21(33)30(4)20(23(36)37)13-22(34)35/h5-12,20H,13-15H2,1-4H3,(H,34,35)(H,36,37)(H2,28,29,39). The van der Waals surface area contributed by atoms with Crippen LogP contribution in [0.4, 0.5) is 21.0 Å². The van der Waals surface area contributed by atoms with E-state index < -0.39 is 60.4 Å². The maximum atomic E-state index is 13.2. The highest BCUT2D eigenvalue weighted by atomic mass is 16.4. The van der Waals surface area contributed by atoms with E-state index in [2.05, 4.69) is 10.6 Å². The van der Waals surface area contributed by atoms with Crippen molar-refractivity contribution >= 4 is 47.2 Å². The monoisotopic (exact) mass is 553 g/mol. The number of aliphatic carboxylic acids is 2. The molecule has 2 aromatic carbocycles. The van der Waals surface area contributed by atoms with Crippen LogP contribution in [0.5, 0.6) is 0 Å². The first-order chi connectivity index (χ1) is 18.7. The third-order valence-electron chi connectivity index (χ3n) is 6.66. The molecule has 0 bridgehead atoms. The second kappa shape index (κ2) is 11.8. The van der Waals surface area contributed by atoms with Crippen LogP contribution in [0.1, 0.15) is 31.4 Å². The van der Waals surface area contributed by atoms with Crippen molar-refractivity contribution in [3.05, 3.63) is 59.7 Å². The van der Waals surface area contributed by atoms with Crippen molar-refractivity contribution in [2.75, 3.05) is 24.2 Å². The summed E-state index contributed by atoms with van der Waals surface area (Å²) in [4.78, 5) is 76.5. The number of aryl methyl sites for hydroxylation is 1. The number of rotatable bonds is 10. The van der Waals surface area contributed by atoms with E-state index in [9.17, 15) is 33.9 Å². The van der Waals surface area contributed by atoms with Crippen molar-refractivity contribution < 1.29 is 39.0 Å². The molecule has 0 spiro atoms. The van der Waals surface area contributed by atoms with Crippen LogP contribution in [0.3, 0.4) is 0 Å². The molecule has 2 aromatic rings. The Morgan fingerprint density at radius 1 is 0.975 bits per heavy atom. The fourth-order valence-corrected chi connectivity index (χ4v) is 4.17. The number of nitrogens with one attached hydrogen (secondary N) is 2. The molecule has 13 heteroatoms. The molecule has 4 N–H and O–H groups in total. The summed E-state index contributed by atoms with van der Waals surface area (Å²) in [5.41, 5.74) is 1.42. The first-order valence-corrected chi connectivity index (χ1v) is 12.3. The number of carbonyl (C=O) groups excluding carboxylic acids is 4. The number of benzene rings is 2. The van der Waals surface area contributed by atoms with E-state index in [1.807, 2.05) is 25.1 Å². The molecule has 1 unspecified atom stereocenters. The molecule has 1 heterocycles. The lowest BCUT2D eigenvalue weighted by Gasteiger charge is -2.27. The zero-order chi connectivity index (χ0) is 29.8. The highest BCUT2D eigenvalue weighted by Gasteiger charge is 2.52. The van der Waals surface area contributed by atoms with Gasteiger partial charge in [0.2, 0.25) is 5.91 Å². The van der Waals surface area contributed by atoms with E-state index in [0.29, 0.717) is 21.8 Å². The van der Waals surface area contributed by atoms with Crippen LogP contribution in [0, 0.1) is 6.92 Å². The van der Waals surface area contributed by atoms with Crippen LogP contribution in [0.25, 0.3) is 0 Å². The number of likely N-dealkylation sites (N-methyl/N-ethyl adjacent to an activating group) is 1. The molecule has 212 valence electrons. The van der Waals surface area contributed by atoms with Gasteiger partial charge >= 0.3 is 24.0 Å². The molecule has 6 amide bonds. The molecule has 1 aliphatic rings. The highest BCUT2D eigenvalue weighted by Crippen LogP contribution is 2.30. The molecule has 0 aliphatic carbocycles. The Hall–Kier alpha value is -4.94. The number of anilines is 2. The molecular weight excluding hydrogens is 522 g/mol. The number of nitrogens with zero attached hydrogens (tertiary/aromatic N) is 3. The largest absolute Gasteiger partial charge is 0.481 e. The number of carbonyl (C=O) groups is 6. The molecule has 1 saturated heterocycles. The fourth-order valence-electron chi connectivity index (χ4n) is 4.17. The van der Waals surface area contributed by atoms with E-state index >= 15 is 0 Å². The van der Waals surface area contributed by atoms with Crippen LogP contribution in [0.15, 0.2) is 48.5 Å². The van der Waals surface area contributed by atoms with Crippen LogP contribution in [0.2, 0.25) is 0 Å². The number of hydrogen-bond donors (Lipinski definition) is 4. The molecule has 1 aliphatic heterocycles. The summed E-state index contributed by atoms with van der Waals surface area (Å²) in [5, 5.41) is 23.7. The van der Waals surface area contributed by atoms with E-state index in [4.69, 9.17) is 5.11 Å². The Kier molecular flexibility index (Phi) is 8.77. The number of hydrogen-bond acceptors (Lipinski definition) is 6. The summed E-state index contributed by atoms with van der Waals surface area (Å²) in [6.07, 6.45) is -0.838. The average molecular weight is 554 g/mol. The van der Waals surface area contributed by atoms with Gasteiger partial charge in [-0.1, -0.05) is 30.3 Å². The number of urea groups is 2. The van der Waals surface area contributed by atoms with Crippen molar-refractivity contribution in [1.82, 2.24) is 14.7 Å². The molecule has 1 atom stereocenters. The second-order valence-electron chi connectivity index (χ2n) is 9.87. The van der Waals surface area contributed by atoms with Gasteiger partial charge in [0, 0.05) is 25.0 Å². The molecular formula is C27H31N5O8. The third-order valence-corrected chi connectivity index (χ3v) is 6.66. The summed E-state index contributed by atoms with van der Waals surface area (Å²) in [7, 11) is 1.11. The van der Waals surface area contributed by atoms with Gasteiger partial charge in [-0.25, -0.2) is 14.4 Å².